The fourth-order valence-electron chi connectivity index (χ4n) is 3.92. The second-order valence-electron chi connectivity index (χ2n) is 7.82. The van der Waals surface area contributed by atoms with E-state index < -0.39 is 11.4 Å². The van der Waals surface area contributed by atoms with E-state index in [-0.39, 0.29) is 24.2 Å². The SMILES string of the molecule is CC(C)c1c(C(=O)NCC2(C(=O)O)CCCCC2)cnn1-c1ccc(F)cc1. The van der Waals surface area contributed by atoms with Gasteiger partial charge in [0.1, 0.15) is 5.82 Å². The minimum Gasteiger partial charge on any atom is -0.481 e. The topological polar surface area (TPSA) is 84.2 Å². The molecule has 7 heteroatoms. The zero-order valence-corrected chi connectivity index (χ0v) is 16.2. The van der Waals surface area contributed by atoms with Gasteiger partial charge >= 0.3 is 5.97 Å². The lowest BCUT2D eigenvalue weighted by Crippen LogP contribution is -2.44. The van der Waals surface area contributed by atoms with Crippen LogP contribution in [0.3, 0.4) is 0 Å². The van der Waals surface area contributed by atoms with Crippen molar-refractivity contribution < 1.29 is 19.1 Å². The summed E-state index contributed by atoms with van der Waals surface area (Å²) < 4.78 is 14.9. The highest BCUT2D eigenvalue weighted by molar-refractivity contribution is 5.95. The van der Waals surface area contributed by atoms with Gasteiger partial charge in [-0.1, -0.05) is 33.1 Å². The average Bonchev–Trinajstić information content (AvgIpc) is 3.13. The highest BCUT2D eigenvalue weighted by atomic mass is 19.1. The van der Waals surface area contributed by atoms with Crippen LogP contribution in [0, 0.1) is 11.2 Å². The van der Waals surface area contributed by atoms with Gasteiger partial charge < -0.3 is 10.4 Å². The Morgan fingerprint density at radius 2 is 1.86 bits per heavy atom. The van der Waals surface area contributed by atoms with Crippen molar-refractivity contribution in [1.29, 1.82) is 0 Å². The zero-order valence-electron chi connectivity index (χ0n) is 16.2. The van der Waals surface area contributed by atoms with E-state index in [2.05, 4.69) is 10.4 Å². The van der Waals surface area contributed by atoms with Gasteiger partial charge in [0.15, 0.2) is 0 Å². The van der Waals surface area contributed by atoms with Crippen molar-refractivity contribution in [3.63, 3.8) is 0 Å². The quantitative estimate of drug-likeness (QED) is 0.787. The number of hydrogen-bond donors (Lipinski definition) is 2. The van der Waals surface area contributed by atoms with Crippen molar-refractivity contribution in [2.24, 2.45) is 5.41 Å². The largest absolute Gasteiger partial charge is 0.481 e. The van der Waals surface area contributed by atoms with Crippen LogP contribution >= 0.6 is 0 Å². The van der Waals surface area contributed by atoms with Gasteiger partial charge in [-0.25, -0.2) is 9.07 Å². The normalized spacial score (nSPS) is 16.1. The molecule has 28 heavy (non-hydrogen) atoms. The Labute approximate surface area is 163 Å². The summed E-state index contributed by atoms with van der Waals surface area (Å²) in [5, 5.41) is 16.8. The molecule has 0 atom stereocenters. The maximum absolute atomic E-state index is 13.2. The molecule has 1 aliphatic carbocycles. The first-order valence-corrected chi connectivity index (χ1v) is 9.69. The third kappa shape index (κ3) is 3.93. The van der Waals surface area contributed by atoms with Crippen LogP contribution in [0.25, 0.3) is 5.69 Å². The van der Waals surface area contributed by atoms with Crippen molar-refractivity contribution in [2.45, 2.75) is 51.9 Å². The molecule has 150 valence electrons. The summed E-state index contributed by atoms with van der Waals surface area (Å²) in [7, 11) is 0. The number of hydrogen-bond acceptors (Lipinski definition) is 3. The molecular formula is C21H26FN3O3. The highest BCUT2D eigenvalue weighted by Gasteiger charge is 2.40. The second kappa shape index (κ2) is 8.12. The van der Waals surface area contributed by atoms with Crippen molar-refractivity contribution >= 4 is 11.9 Å². The molecule has 1 aromatic heterocycles. The van der Waals surface area contributed by atoms with Gasteiger partial charge in [-0.05, 0) is 43.0 Å². The van der Waals surface area contributed by atoms with Gasteiger partial charge in [-0.2, -0.15) is 5.10 Å². The van der Waals surface area contributed by atoms with Crippen LogP contribution in [0.5, 0.6) is 0 Å². The molecule has 2 N–H and O–H groups in total. The van der Waals surface area contributed by atoms with Gasteiger partial charge in [0, 0.05) is 6.54 Å². The van der Waals surface area contributed by atoms with Crippen molar-refractivity contribution in [1.82, 2.24) is 15.1 Å². The van der Waals surface area contributed by atoms with Crippen LogP contribution in [0.15, 0.2) is 30.5 Å². The molecule has 0 spiro atoms. The van der Waals surface area contributed by atoms with Crippen molar-refractivity contribution in [2.75, 3.05) is 6.54 Å². The van der Waals surface area contributed by atoms with Crippen LogP contribution < -0.4 is 5.32 Å². The number of rotatable bonds is 6. The molecule has 1 heterocycles. The Kier molecular flexibility index (Phi) is 5.82. The molecule has 1 aliphatic rings. The van der Waals surface area contributed by atoms with Crippen LogP contribution in [-0.4, -0.2) is 33.3 Å². The summed E-state index contributed by atoms with van der Waals surface area (Å²) in [4.78, 5) is 24.7. The molecule has 0 saturated heterocycles. The Hall–Kier alpha value is -2.70. The number of nitrogens with one attached hydrogen (secondary N) is 1. The number of aromatic nitrogens is 2. The number of carboxylic acid groups (broad SMARTS) is 1. The lowest BCUT2D eigenvalue weighted by Gasteiger charge is -2.33. The fraction of sp³-hybridized carbons (Fsp3) is 0.476. The Balaban J connectivity index is 1.83. The number of amides is 1. The Morgan fingerprint density at radius 1 is 1.21 bits per heavy atom. The van der Waals surface area contributed by atoms with E-state index in [4.69, 9.17) is 0 Å². The molecule has 1 fully saturated rings. The Bertz CT molecular complexity index is 852. The lowest BCUT2D eigenvalue weighted by atomic mass is 9.74. The molecule has 6 nitrogen and oxygen atoms in total. The van der Waals surface area contributed by atoms with E-state index in [1.807, 2.05) is 13.8 Å². The van der Waals surface area contributed by atoms with E-state index in [1.54, 1.807) is 16.8 Å². The molecule has 1 amide bonds. The maximum Gasteiger partial charge on any atom is 0.311 e. The minimum atomic E-state index is -0.890. The number of carboxylic acids is 1. The number of carbonyl (C=O) groups excluding carboxylic acids is 1. The first-order chi connectivity index (χ1) is 13.3. The molecule has 0 radical (unpaired) electrons. The number of nitrogens with zero attached hydrogens (tertiary/aromatic N) is 2. The fourth-order valence-corrected chi connectivity index (χ4v) is 3.92. The summed E-state index contributed by atoms with van der Waals surface area (Å²) in [6, 6.07) is 5.91. The predicted octanol–water partition coefficient (Wildman–Crippen LogP) is 3.90. The van der Waals surface area contributed by atoms with E-state index in [9.17, 15) is 19.1 Å². The minimum absolute atomic E-state index is 0.00332. The lowest BCUT2D eigenvalue weighted by molar-refractivity contribution is -0.150. The molecular weight excluding hydrogens is 361 g/mol. The van der Waals surface area contributed by atoms with Crippen LogP contribution in [0.4, 0.5) is 4.39 Å². The first-order valence-electron chi connectivity index (χ1n) is 9.69. The smallest absolute Gasteiger partial charge is 0.311 e. The number of aliphatic carboxylic acids is 1. The first kappa shape index (κ1) is 20.0. The molecule has 0 unspecified atom stereocenters. The summed E-state index contributed by atoms with van der Waals surface area (Å²) >= 11 is 0. The number of halogens is 1. The monoisotopic (exact) mass is 387 g/mol. The van der Waals surface area contributed by atoms with Crippen molar-refractivity contribution in [3.05, 3.63) is 47.5 Å². The van der Waals surface area contributed by atoms with E-state index in [1.165, 1.54) is 18.3 Å². The molecule has 1 aromatic carbocycles. The predicted molar refractivity (Wildman–Crippen MR) is 103 cm³/mol. The van der Waals surface area contributed by atoms with Crippen LogP contribution in [0.1, 0.15) is 67.9 Å². The average molecular weight is 387 g/mol. The van der Waals surface area contributed by atoms with Gasteiger partial charge in [0.2, 0.25) is 0 Å². The summed E-state index contributed by atoms with van der Waals surface area (Å²) in [5.74, 6) is -1.52. The third-order valence-corrected chi connectivity index (χ3v) is 5.52. The summed E-state index contributed by atoms with van der Waals surface area (Å²) in [5.41, 5.74) is 0.894. The number of benzene rings is 1. The van der Waals surface area contributed by atoms with Gasteiger partial charge in [-0.3, -0.25) is 9.59 Å². The third-order valence-electron chi connectivity index (χ3n) is 5.52. The molecule has 0 aliphatic heterocycles. The van der Waals surface area contributed by atoms with Crippen LogP contribution in [-0.2, 0) is 4.79 Å². The second-order valence-corrected chi connectivity index (χ2v) is 7.82. The maximum atomic E-state index is 13.2. The Morgan fingerprint density at radius 3 is 2.43 bits per heavy atom. The van der Waals surface area contributed by atoms with E-state index >= 15 is 0 Å². The van der Waals surface area contributed by atoms with E-state index in [0.717, 1.165) is 19.3 Å². The van der Waals surface area contributed by atoms with Crippen molar-refractivity contribution in [3.8, 4) is 5.69 Å². The zero-order chi connectivity index (χ0) is 20.3. The van der Waals surface area contributed by atoms with Gasteiger partial charge in [-0.15, -0.1) is 0 Å². The van der Waals surface area contributed by atoms with Gasteiger partial charge in [0.05, 0.1) is 28.6 Å². The summed E-state index contributed by atoms with van der Waals surface area (Å²) in [6.07, 6.45) is 5.40. The molecule has 2 aromatic rings. The standard InChI is InChI=1S/C21H26FN3O3/c1-14(2)18-17(12-24-25(18)16-8-6-15(22)7-9-16)19(26)23-13-21(20(27)28)10-4-3-5-11-21/h6-9,12,14H,3-5,10-11,13H2,1-2H3,(H,23,26)(H,27,28). The molecule has 1 saturated carbocycles. The number of carbonyl (C=O) groups is 2. The summed E-state index contributed by atoms with van der Waals surface area (Å²) in [6.45, 7) is 4.02. The van der Waals surface area contributed by atoms with Gasteiger partial charge in [0.25, 0.3) is 5.91 Å². The molecule has 0 bridgehead atoms. The van der Waals surface area contributed by atoms with Crippen LogP contribution in [0.2, 0.25) is 0 Å². The van der Waals surface area contributed by atoms with E-state index in [0.29, 0.717) is 29.8 Å². The highest BCUT2D eigenvalue weighted by Crippen LogP contribution is 2.36. The molecule has 3 rings (SSSR count).